The third kappa shape index (κ3) is 5.21. The second-order valence-corrected chi connectivity index (χ2v) is 7.76. The predicted molar refractivity (Wildman–Crippen MR) is 110 cm³/mol. The minimum absolute atomic E-state index is 1.12. The third-order valence-electron chi connectivity index (χ3n) is 5.68. The highest BCUT2D eigenvalue weighted by molar-refractivity contribution is 5.76. The van der Waals surface area contributed by atoms with Gasteiger partial charge in [-0.1, -0.05) is 107 Å². The zero-order valence-corrected chi connectivity index (χ0v) is 16.0. The molecule has 0 unspecified atom stereocenters. The fraction of sp³-hybridized carbons (Fsp3) is 0.520. The summed E-state index contributed by atoms with van der Waals surface area (Å²) in [6.07, 6.45) is 16.5. The van der Waals surface area contributed by atoms with Crippen LogP contribution in [0.15, 0.2) is 42.5 Å². The number of hydrogen-bond donors (Lipinski definition) is 0. The van der Waals surface area contributed by atoms with Gasteiger partial charge in [-0.05, 0) is 47.1 Å². The van der Waals surface area contributed by atoms with Gasteiger partial charge < -0.3 is 0 Å². The molecule has 0 N–H and O–H groups in total. The number of fused-ring (bicyclic) bond motifs is 3. The number of unbranched alkanes of at least 4 members (excludes halogenated alkanes) is 9. The molecule has 0 bridgehead atoms. The molecule has 2 aromatic rings. The summed E-state index contributed by atoms with van der Waals surface area (Å²) in [5.74, 6) is 0. The summed E-state index contributed by atoms with van der Waals surface area (Å²) in [4.78, 5) is 0. The lowest BCUT2D eigenvalue weighted by molar-refractivity contribution is 0.556. The highest BCUT2D eigenvalue weighted by Crippen LogP contribution is 2.36. The first kappa shape index (κ1) is 18.2. The number of benzene rings is 2. The molecule has 0 aliphatic heterocycles. The van der Waals surface area contributed by atoms with Crippen molar-refractivity contribution in [2.24, 2.45) is 0 Å². The molecule has 0 atom stereocenters. The van der Waals surface area contributed by atoms with Gasteiger partial charge in [0.1, 0.15) is 0 Å². The van der Waals surface area contributed by atoms with E-state index >= 15 is 0 Å². The van der Waals surface area contributed by atoms with Crippen LogP contribution >= 0.6 is 0 Å². The zero-order chi connectivity index (χ0) is 17.3. The molecule has 0 saturated heterocycles. The van der Waals surface area contributed by atoms with E-state index in [-0.39, 0.29) is 0 Å². The lowest BCUT2D eigenvalue weighted by atomic mass is 9.99. The van der Waals surface area contributed by atoms with Crippen LogP contribution in [0.25, 0.3) is 11.1 Å². The Balaban J connectivity index is 1.33. The fourth-order valence-electron chi connectivity index (χ4n) is 4.17. The van der Waals surface area contributed by atoms with Crippen molar-refractivity contribution >= 4 is 0 Å². The lowest BCUT2D eigenvalue weighted by Crippen LogP contribution is -1.89. The summed E-state index contributed by atoms with van der Waals surface area (Å²) in [5, 5.41) is 0. The fourth-order valence-corrected chi connectivity index (χ4v) is 4.17. The van der Waals surface area contributed by atoms with Gasteiger partial charge in [-0.15, -0.1) is 0 Å². The molecule has 0 nitrogen and oxygen atoms in total. The van der Waals surface area contributed by atoms with Crippen LogP contribution in [-0.4, -0.2) is 0 Å². The van der Waals surface area contributed by atoms with E-state index in [0.717, 1.165) is 6.42 Å². The largest absolute Gasteiger partial charge is 0.0654 e. The van der Waals surface area contributed by atoms with Crippen LogP contribution < -0.4 is 0 Å². The Morgan fingerprint density at radius 1 is 0.640 bits per heavy atom. The van der Waals surface area contributed by atoms with Crippen LogP contribution in [0.2, 0.25) is 0 Å². The Labute approximate surface area is 154 Å². The van der Waals surface area contributed by atoms with Gasteiger partial charge in [-0.2, -0.15) is 0 Å². The maximum absolute atomic E-state index is 2.46. The summed E-state index contributed by atoms with van der Waals surface area (Å²) >= 11 is 0. The lowest BCUT2D eigenvalue weighted by Gasteiger charge is -2.06. The smallest absolute Gasteiger partial charge is 0.00134 e. The first-order valence-corrected chi connectivity index (χ1v) is 10.6. The van der Waals surface area contributed by atoms with Crippen molar-refractivity contribution in [3.05, 3.63) is 59.2 Å². The molecule has 0 spiro atoms. The molecule has 0 saturated carbocycles. The van der Waals surface area contributed by atoms with Gasteiger partial charge in [0.25, 0.3) is 0 Å². The van der Waals surface area contributed by atoms with Gasteiger partial charge in [0.2, 0.25) is 0 Å². The molecular weight excluding hydrogens is 300 g/mol. The highest BCUT2D eigenvalue weighted by Gasteiger charge is 2.17. The van der Waals surface area contributed by atoms with Crippen molar-refractivity contribution < 1.29 is 0 Å². The van der Waals surface area contributed by atoms with E-state index in [1.165, 1.54) is 98.4 Å². The van der Waals surface area contributed by atoms with Crippen molar-refractivity contribution in [3.63, 3.8) is 0 Å². The maximum Gasteiger partial charge on any atom is -0.00134 e. The van der Waals surface area contributed by atoms with E-state index in [1.54, 1.807) is 0 Å². The first-order valence-electron chi connectivity index (χ1n) is 10.6. The summed E-state index contributed by atoms with van der Waals surface area (Å²) in [6, 6.07) is 16.0. The molecule has 1 aliphatic carbocycles. The van der Waals surface area contributed by atoms with E-state index in [4.69, 9.17) is 0 Å². The average Bonchev–Trinajstić information content (AvgIpc) is 3.01. The Morgan fingerprint density at radius 2 is 1.28 bits per heavy atom. The van der Waals surface area contributed by atoms with Gasteiger partial charge in [-0.3, -0.25) is 0 Å². The molecule has 2 aromatic carbocycles. The monoisotopic (exact) mass is 334 g/mol. The van der Waals surface area contributed by atoms with Gasteiger partial charge in [0.15, 0.2) is 0 Å². The van der Waals surface area contributed by atoms with E-state index in [2.05, 4.69) is 49.4 Å². The number of rotatable bonds is 11. The Hall–Kier alpha value is -1.56. The third-order valence-corrected chi connectivity index (χ3v) is 5.68. The second-order valence-electron chi connectivity index (χ2n) is 7.76. The molecular formula is C25H34. The molecule has 134 valence electrons. The highest BCUT2D eigenvalue weighted by atomic mass is 14.2. The topological polar surface area (TPSA) is 0 Å². The number of aryl methyl sites for hydroxylation is 1. The van der Waals surface area contributed by atoms with Gasteiger partial charge in [0.05, 0.1) is 0 Å². The van der Waals surface area contributed by atoms with Crippen molar-refractivity contribution in [1.29, 1.82) is 0 Å². The molecule has 0 fully saturated rings. The first-order chi connectivity index (χ1) is 12.4. The predicted octanol–water partition coefficient (Wildman–Crippen LogP) is 7.72. The quantitative estimate of drug-likeness (QED) is 0.315. The van der Waals surface area contributed by atoms with Crippen LogP contribution in [-0.2, 0) is 12.8 Å². The second kappa shape index (κ2) is 9.80. The molecule has 0 amide bonds. The van der Waals surface area contributed by atoms with Crippen LogP contribution in [0.4, 0.5) is 0 Å². The maximum atomic E-state index is 2.46. The summed E-state index contributed by atoms with van der Waals surface area (Å²) in [5.41, 5.74) is 7.47. The van der Waals surface area contributed by atoms with Crippen molar-refractivity contribution in [3.8, 4) is 11.1 Å². The van der Waals surface area contributed by atoms with Gasteiger partial charge in [-0.25, -0.2) is 0 Å². The van der Waals surface area contributed by atoms with E-state index < -0.39 is 0 Å². The minimum Gasteiger partial charge on any atom is -0.0654 e. The molecule has 0 heteroatoms. The molecule has 1 aliphatic rings. The Bertz CT molecular complexity index is 653. The normalized spacial score (nSPS) is 12.2. The van der Waals surface area contributed by atoms with Crippen molar-refractivity contribution in [2.45, 2.75) is 84.0 Å². The molecule has 25 heavy (non-hydrogen) atoms. The van der Waals surface area contributed by atoms with Crippen LogP contribution in [0.5, 0.6) is 0 Å². The molecule has 0 heterocycles. The van der Waals surface area contributed by atoms with Gasteiger partial charge >= 0.3 is 0 Å². The minimum atomic E-state index is 1.12. The van der Waals surface area contributed by atoms with Gasteiger partial charge in [0, 0.05) is 0 Å². The van der Waals surface area contributed by atoms with Crippen LogP contribution in [0, 0.1) is 0 Å². The SMILES string of the molecule is CCCCCCCCCCCCc1ccc2c(c1)Cc1ccccc1-2. The van der Waals surface area contributed by atoms with E-state index in [9.17, 15) is 0 Å². The summed E-state index contributed by atoms with van der Waals surface area (Å²) in [7, 11) is 0. The Morgan fingerprint density at radius 3 is 2.04 bits per heavy atom. The molecule has 3 rings (SSSR count). The number of hydrogen-bond acceptors (Lipinski definition) is 0. The van der Waals surface area contributed by atoms with Crippen LogP contribution in [0.3, 0.4) is 0 Å². The summed E-state index contributed by atoms with van der Waals surface area (Å²) in [6.45, 7) is 2.29. The summed E-state index contributed by atoms with van der Waals surface area (Å²) < 4.78 is 0. The molecule has 0 aromatic heterocycles. The zero-order valence-electron chi connectivity index (χ0n) is 16.0. The van der Waals surface area contributed by atoms with Crippen molar-refractivity contribution in [1.82, 2.24) is 0 Å². The van der Waals surface area contributed by atoms with E-state index in [1.807, 2.05) is 0 Å². The van der Waals surface area contributed by atoms with Crippen LogP contribution in [0.1, 0.15) is 87.8 Å². The van der Waals surface area contributed by atoms with Crippen molar-refractivity contribution in [2.75, 3.05) is 0 Å². The standard InChI is InChI=1S/C25H34/c1-2-3-4-5-6-7-8-9-10-11-14-21-17-18-25-23(19-21)20-22-15-12-13-16-24(22)25/h12-13,15-19H,2-11,14,20H2,1H3. The van der Waals surface area contributed by atoms with E-state index in [0.29, 0.717) is 0 Å². The Kier molecular flexibility index (Phi) is 7.15. The molecule has 0 radical (unpaired) electrons. The average molecular weight is 335 g/mol.